The van der Waals surface area contributed by atoms with E-state index >= 15 is 0 Å². The van der Waals surface area contributed by atoms with Gasteiger partial charge in [-0.1, -0.05) is 168 Å². The fourth-order valence-electron chi connectivity index (χ4n) is 5.97. The monoisotopic (exact) mass is 556 g/mol. The first-order valence-corrected chi connectivity index (χ1v) is 19.6. The van der Waals surface area contributed by atoms with Gasteiger partial charge in [-0.05, 0) is 34.4 Å². The van der Waals surface area contributed by atoms with Crippen molar-refractivity contribution in [3.05, 3.63) is 0 Å². The summed E-state index contributed by atoms with van der Waals surface area (Å²) in [5.41, 5.74) is 0. The first-order valence-electron chi connectivity index (χ1n) is 17.3. The van der Waals surface area contributed by atoms with Crippen LogP contribution < -0.4 is 0 Å². The molecule has 0 aromatic carbocycles. The minimum absolute atomic E-state index is 0.824. The highest BCUT2D eigenvalue weighted by molar-refractivity contribution is 8.77. The topological polar surface area (TPSA) is 0 Å². The molecule has 0 aromatic rings. The maximum Gasteiger partial charge on any atom is 0.146 e. The number of hydrogen-bond donors (Lipinski definition) is 0. The van der Waals surface area contributed by atoms with Crippen LogP contribution in [-0.4, -0.2) is 29.3 Å². The van der Waals surface area contributed by atoms with Crippen LogP contribution in [0.5, 0.6) is 0 Å². The van der Waals surface area contributed by atoms with Gasteiger partial charge in [-0.3, -0.25) is 0 Å². The summed E-state index contributed by atoms with van der Waals surface area (Å²) in [6, 6.07) is 0. The van der Waals surface area contributed by atoms with Crippen LogP contribution in [-0.2, 0) is 0 Å². The lowest BCUT2D eigenvalue weighted by Crippen LogP contribution is -2.48. The Labute approximate surface area is 243 Å². The van der Waals surface area contributed by atoms with Crippen LogP contribution in [0.25, 0.3) is 0 Å². The summed E-state index contributed by atoms with van der Waals surface area (Å²) in [6.45, 7) is 4.62. The molecule has 1 fully saturated rings. The van der Waals surface area contributed by atoms with E-state index in [1.807, 2.05) is 0 Å². The van der Waals surface area contributed by atoms with Gasteiger partial charge in [-0.25, -0.2) is 0 Å². The zero-order valence-electron chi connectivity index (χ0n) is 26.2. The van der Waals surface area contributed by atoms with Gasteiger partial charge >= 0.3 is 0 Å². The Morgan fingerprint density at radius 2 is 0.568 bits per heavy atom. The van der Waals surface area contributed by atoms with E-state index < -0.39 is 0 Å². The molecule has 0 saturated carbocycles. The molecule has 1 aliphatic rings. The van der Waals surface area contributed by atoms with E-state index in [9.17, 15) is 0 Å². The molecular weight excluding hydrogens is 487 g/mol. The summed E-state index contributed by atoms with van der Waals surface area (Å²) >= 11 is 0. The average Bonchev–Trinajstić information content (AvgIpc) is 3.17. The Bertz CT molecular complexity index is 427. The normalized spacial score (nSPS) is 19.1. The predicted molar refractivity (Wildman–Crippen MR) is 175 cm³/mol. The summed E-state index contributed by atoms with van der Waals surface area (Å²) in [7, 11) is 9.47. The van der Waals surface area contributed by atoms with Crippen molar-refractivity contribution in [2.75, 3.05) is 14.1 Å². The summed E-state index contributed by atoms with van der Waals surface area (Å²) < 4.78 is 1.26. The first kappa shape index (κ1) is 35.7. The van der Waals surface area contributed by atoms with Crippen LogP contribution in [0.3, 0.4) is 0 Å². The quantitative estimate of drug-likeness (QED) is 0.0534. The van der Waals surface area contributed by atoms with Crippen molar-refractivity contribution in [2.45, 2.75) is 204 Å². The molecule has 0 aliphatic carbocycles. The fourth-order valence-corrected chi connectivity index (χ4v) is 10.2. The van der Waals surface area contributed by atoms with Gasteiger partial charge in [0.2, 0.25) is 0 Å². The molecule has 0 bridgehead atoms. The molecule has 3 heteroatoms. The lowest BCUT2D eigenvalue weighted by atomic mass is 10.0. The second kappa shape index (κ2) is 25.6. The van der Waals surface area contributed by atoms with Crippen molar-refractivity contribution in [1.82, 2.24) is 0 Å². The van der Waals surface area contributed by atoms with E-state index in [1.165, 1.54) is 184 Å². The molecule has 37 heavy (non-hydrogen) atoms. The molecule has 222 valence electrons. The summed E-state index contributed by atoms with van der Waals surface area (Å²) in [5, 5.41) is 1.65. The van der Waals surface area contributed by atoms with E-state index in [-0.39, 0.29) is 0 Å². The second-order valence-corrected chi connectivity index (χ2v) is 15.4. The van der Waals surface area contributed by atoms with Gasteiger partial charge in [0, 0.05) is 12.8 Å². The molecule has 1 aliphatic heterocycles. The smallest absolute Gasteiger partial charge is 0.146 e. The number of hydrogen-bond acceptors (Lipinski definition) is 2. The van der Waals surface area contributed by atoms with Crippen LogP contribution in [0.2, 0.25) is 0 Å². The largest absolute Gasteiger partial charge is 0.305 e. The van der Waals surface area contributed by atoms with Crippen molar-refractivity contribution in [3.8, 4) is 0 Å². The number of nitrogens with zero attached hydrogens (tertiary/aromatic N) is 1. The molecule has 0 aromatic heterocycles. The van der Waals surface area contributed by atoms with Crippen molar-refractivity contribution < 1.29 is 4.48 Å². The zero-order valence-corrected chi connectivity index (χ0v) is 27.9. The maximum atomic E-state index is 2.52. The van der Waals surface area contributed by atoms with Crippen molar-refractivity contribution in [2.24, 2.45) is 0 Å². The van der Waals surface area contributed by atoms with E-state index in [2.05, 4.69) is 49.5 Å². The van der Waals surface area contributed by atoms with Crippen LogP contribution in [0.15, 0.2) is 0 Å². The predicted octanol–water partition coefficient (Wildman–Crippen LogP) is 13.1. The molecule has 0 N–H and O–H groups in total. The summed E-state index contributed by atoms with van der Waals surface area (Å²) in [5.74, 6) is 0. The lowest BCUT2D eigenvalue weighted by molar-refractivity contribution is -0.908. The minimum Gasteiger partial charge on any atom is -0.305 e. The Kier molecular flexibility index (Phi) is 24.7. The van der Waals surface area contributed by atoms with E-state index in [0.29, 0.717) is 0 Å². The van der Waals surface area contributed by atoms with Crippen LogP contribution >= 0.6 is 21.6 Å². The molecule has 0 spiro atoms. The van der Waals surface area contributed by atoms with Gasteiger partial charge in [0.05, 0.1) is 14.1 Å². The molecule has 2 atom stereocenters. The molecule has 0 radical (unpaired) electrons. The summed E-state index contributed by atoms with van der Waals surface area (Å²) in [4.78, 5) is 0. The van der Waals surface area contributed by atoms with Crippen molar-refractivity contribution in [3.63, 3.8) is 0 Å². The zero-order chi connectivity index (χ0) is 26.9. The van der Waals surface area contributed by atoms with Gasteiger partial charge < -0.3 is 4.48 Å². The fraction of sp³-hybridized carbons (Fsp3) is 1.00. The molecular formula is C34H70NS2+. The highest BCUT2D eigenvalue weighted by Crippen LogP contribution is 2.50. The number of quaternary nitrogens is 1. The summed E-state index contributed by atoms with van der Waals surface area (Å²) in [6.07, 6.45) is 40.8. The Morgan fingerprint density at radius 3 is 0.811 bits per heavy atom. The van der Waals surface area contributed by atoms with Crippen molar-refractivity contribution in [1.29, 1.82) is 0 Å². The van der Waals surface area contributed by atoms with E-state index in [4.69, 9.17) is 0 Å². The van der Waals surface area contributed by atoms with Crippen LogP contribution in [0.1, 0.15) is 194 Å². The average molecular weight is 557 g/mol. The molecule has 1 saturated heterocycles. The third kappa shape index (κ3) is 19.4. The van der Waals surface area contributed by atoms with Gasteiger partial charge in [-0.15, -0.1) is 0 Å². The van der Waals surface area contributed by atoms with Gasteiger partial charge in [-0.2, -0.15) is 0 Å². The Hall–Kier alpha value is 0.660. The van der Waals surface area contributed by atoms with E-state index in [1.54, 1.807) is 0 Å². The van der Waals surface area contributed by atoms with Crippen LogP contribution in [0.4, 0.5) is 0 Å². The van der Waals surface area contributed by atoms with Crippen LogP contribution in [0, 0.1) is 0 Å². The van der Waals surface area contributed by atoms with E-state index in [0.717, 1.165) is 10.7 Å². The number of unbranched alkanes of at least 4 members (excludes halogenated alkanes) is 24. The van der Waals surface area contributed by atoms with Crippen molar-refractivity contribution >= 4 is 21.6 Å². The standard InChI is InChI=1S/C34H70NS2/c1-5-7-9-11-13-15-17-19-21-23-25-27-29-31-33-35(3,4)34(37-36-33)32-30-28-26-24-22-20-18-16-14-12-10-8-6-2/h33-34H,5-32H2,1-4H3/q+1. The Morgan fingerprint density at radius 1 is 0.351 bits per heavy atom. The molecule has 1 nitrogen and oxygen atoms in total. The third-order valence-electron chi connectivity index (χ3n) is 8.87. The second-order valence-electron chi connectivity index (χ2n) is 12.8. The Balaban J connectivity index is 1.91. The lowest BCUT2D eigenvalue weighted by Gasteiger charge is -2.35. The molecule has 2 unspecified atom stereocenters. The molecule has 1 rings (SSSR count). The maximum absolute atomic E-state index is 2.52. The molecule has 1 heterocycles. The van der Waals surface area contributed by atoms with Gasteiger partial charge in [0.25, 0.3) is 0 Å². The highest BCUT2D eigenvalue weighted by atomic mass is 33.1. The minimum atomic E-state index is 0.824. The van der Waals surface area contributed by atoms with Gasteiger partial charge in [0.1, 0.15) is 10.7 Å². The number of rotatable bonds is 28. The SMILES string of the molecule is CCCCCCCCCCCCCCCC1SSC(CCCCCCCCCCCCCCC)[N+]1(C)C. The van der Waals surface area contributed by atoms with Gasteiger partial charge in [0.15, 0.2) is 0 Å². The highest BCUT2D eigenvalue weighted by Gasteiger charge is 2.43. The molecule has 0 amide bonds. The first-order chi connectivity index (χ1) is 18.1. The third-order valence-corrected chi connectivity index (χ3v) is 12.7.